The first kappa shape index (κ1) is 15.3. The maximum atomic E-state index is 5.50. The van der Waals surface area contributed by atoms with E-state index in [9.17, 15) is 0 Å². The lowest BCUT2D eigenvalue weighted by molar-refractivity contribution is 0.170. The summed E-state index contributed by atoms with van der Waals surface area (Å²) < 4.78 is 6.58. The van der Waals surface area contributed by atoms with Crippen LogP contribution in [0.25, 0.3) is 0 Å². The lowest BCUT2D eigenvalue weighted by Crippen LogP contribution is -2.49. The zero-order valence-corrected chi connectivity index (χ0v) is 14.2. The van der Waals surface area contributed by atoms with Gasteiger partial charge in [0.25, 0.3) is 0 Å². The van der Waals surface area contributed by atoms with Gasteiger partial charge in [0.2, 0.25) is 0 Å². The first-order valence-electron chi connectivity index (χ1n) is 7.76. The number of benzene rings is 1. The molecule has 21 heavy (non-hydrogen) atoms. The molecule has 1 N–H and O–H groups in total. The molecular weight excluding hydrogens is 330 g/mol. The highest BCUT2D eigenvalue weighted by atomic mass is 79.9. The number of nitrogens with zero attached hydrogens (tertiary/aromatic N) is 2. The fraction of sp³-hybridized carbons (Fsp3) is 0.625. The molecule has 0 spiro atoms. The van der Waals surface area contributed by atoms with Crippen molar-refractivity contribution in [3.8, 4) is 5.75 Å². The van der Waals surface area contributed by atoms with Gasteiger partial charge in [-0.2, -0.15) is 0 Å². The third kappa shape index (κ3) is 3.77. The monoisotopic (exact) mass is 353 g/mol. The number of nitrogens with one attached hydrogen (secondary N) is 1. The first-order valence-corrected chi connectivity index (χ1v) is 8.55. The summed E-state index contributed by atoms with van der Waals surface area (Å²) in [6, 6.07) is 7.05. The molecule has 0 aliphatic carbocycles. The van der Waals surface area contributed by atoms with E-state index in [4.69, 9.17) is 4.74 Å². The SMILES string of the molecule is COc1cc(Br)ccc1CN1CCC(N2CCNCC2)C1. The standard InChI is InChI=1S/C16H24BrN3O/c1-21-16-10-14(17)3-2-13(16)11-19-7-4-15(12-19)20-8-5-18-6-9-20/h2-3,10,15,18H,4-9,11-12H2,1H3. The number of piperazine rings is 1. The molecule has 5 heteroatoms. The van der Waals surface area contributed by atoms with Gasteiger partial charge in [-0.05, 0) is 18.6 Å². The molecular formula is C16H24BrN3O. The van der Waals surface area contributed by atoms with Crippen LogP contribution in [0.15, 0.2) is 22.7 Å². The minimum absolute atomic E-state index is 0.730. The van der Waals surface area contributed by atoms with Gasteiger partial charge in [0.05, 0.1) is 7.11 Å². The van der Waals surface area contributed by atoms with Crippen molar-refractivity contribution in [3.05, 3.63) is 28.2 Å². The second-order valence-corrected chi connectivity index (χ2v) is 6.84. The van der Waals surface area contributed by atoms with Crippen molar-refractivity contribution >= 4 is 15.9 Å². The number of methoxy groups -OCH3 is 1. The Morgan fingerprint density at radius 3 is 2.86 bits per heavy atom. The summed E-state index contributed by atoms with van der Waals surface area (Å²) in [5.74, 6) is 0.981. The maximum Gasteiger partial charge on any atom is 0.124 e. The lowest BCUT2D eigenvalue weighted by atomic mass is 10.2. The number of likely N-dealkylation sites (tertiary alicyclic amines) is 1. The van der Waals surface area contributed by atoms with Crippen LogP contribution >= 0.6 is 15.9 Å². The van der Waals surface area contributed by atoms with Gasteiger partial charge in [0, 0.05) is 61.9 Å². The molecule has 1 unspecified atom stereocenters. The summed E-state index contributed by atoms with van der Waals surface area (Å²) in [6.07, 6.45) is 1.29. The Kier molecular flexibility index (Phi) is 5.16. The molecule has 0 saturated carbocycles. The van der Waals surface area contributed by atoms with Gasteiger partial charge in [-0.1, -0.05) is 22.0 Å². The van der Waals surface area contributed by atoms with E-state index in [1.807, 2.05) is 0 Å². The zero-order chi connectivity index (χ0) is 14.7. The van der Waals surface area contributed by atoms with Crippen molar-refractivity contribution in [1.29, 1.82) is 0 Å². The van der Waals surface area contributed by atoms with E-state index in [1.54, 1.807) is 7.11 Å². The Balaban J connectivity index is 1.59. The van der Waals surface area contributed by atoms with E-state index >= 15 is 0 Å². The highest BCUT2D eigenvalue weighted by Crippen LogP contribution is 2.26. The Morgan fingerprint density at radius 2 is 2.10 bits per heavy atom. The number of rotatable bonds is 4. The molecule has 1 aromatic carbocycles. The highest BCUT2D eigenvalue weighted by molar-refractivity contribution is 9.10. The number of ether oxygens (including phenoxy) is 1. The lowest BCUT2D eigenvalue weighted by Gasteiger charge is -2.32. The second-order valence-electron chi connectivity index (χ2n) is 5.92. The van der Waals surface area contributed by atoms with Gasteiger partial charge in [-0.15, -0.1) is 0 Å². The summed E-state index contributed by atoms with van der Waals surface area (Å²) in [4.78, 5) is 5.20. The van der Waals surface area contributed by atoms with E-state index in [2.05, 4.69) is 49.2 Å². The third-order valence-corrected chi connectivity index (χ3v) is 5.05. The van der Waals surface area contributed by atoms with Crippen LogP contribution in [0.2, 0.25) is 0 Å². The van der Waals surface area contributed by atoms with Crippen molar-refractivity contribution in [2.24, 2.45) is 0 Å². The maximum absolute atomic E-state index is 5.50. The largest absolute Gasteiger partial charge is 0.496 e. The fourth-order valence-corrected chi connectivity index (χ4v) is 3.73. The van der Waals surface area contributed by atoms with Crippen LogP contribution in [0.4, 0.5) is 0 Å². The molecule has 0 amide bonds. The van der Waals surface area contributed by atoms with E-state index in [1.165, 1.54) is 38.2 Å². The van der Waals surface area contributed by atoms with Gasteiger partial charge in [-0.25, -0.2) is 0 Å². The van der Waals surface area contributed by atoms with Gasteiger partial charge >= 0.3 is 0 Å². The van der Waals surface area contributed by atoms with Gasteiger partial charge in [0.1, 0.15) is 5.75 Å². The molecule has 0 bridgehead atoms. The number of hydrogen-bond donors (Lipinski definition) is 1. The van der Waals surface area contributed by atoms with Gasteiger partial charge in [0.15, 0.2) is 0 Å². The van der Waals surface area contributed by atoms with Crippen LogP contribution in [0, 0.1) is 0 Å². The van der Waals surface area contributed by atoms with Crippen LogP contribution in [0.1, 0.15) is 12.0 Å². The molecule has 0 aromatic heterocycles. The molecule has 4 nitrogen and oxygen atoms in total. The van der Waals surface area contributed by atoms with Crippen LogP contribution in [0.3, 0.4) is 0 Å². The van der Waals surface area contributed by atoms with Crippen LogP contribution in [-0.2, 0) is 6.54 Å². The summed E-state index contributed by atoms with van der Waals surface area (Å²) in [5.41, 5.74) is 1.28. The highest BCUT2D eigenvalue weighted by Gasteiger charge is 2.28. The van der Waals surface area contributed by atoms with Crippen molar-refractivity contribution in [3.63, 3.8) is 0 Å². The van der Waals surface area contributed by atoms with E-state index < -0.39 is 0 Å². The second kappa shape index (κ2) is 7.09. The molecule has 2 fully saturated rings. The molecule has 2 aliphatic rings. The zero-order valence-electron chi connectivity index (χ0n) is 12.6. The van der Waals surface area contributed by atoms with E-state index in [0.29, 0.717) is 0 Å². The third-order valence-electron chi connectivity index (χ3n) is 4.56. The van der Waals surface area contributed by atoms with E-state index in [-0.39, 0.29) is 0 Å². The molecule has 2 heterocycles. The summed E-state index contributed by atoms with van der Waals surface area (Å²) in [5, 5.41) is 3.43. The minimum Gasteiger partial charge on any atom is -0.496 e. The Bertz CT molecular complexity index is 477. The Hall–Kier alpha value is -0.620. The van der Waals surface area contributed by atoms with Crippen molar-refractivity contribution in [2.45, 2.75) is 19.0 Å². The van der Waals surface area contributed by atoms with Gasteiger partial charge in [-0.3, -0.25) is 9.80 Å². The molecule has 2 saturated heterocycles. The molecule has 3 rings (SSSR count). The van der Waals surface area contributed by atoms with Gasteiger partial charge < -0.3 is 10.1 Å². The number of hydrogen-bond acceptors (Lipinski definition) is 4. The average molecular weight is 354 g/mol. The topological polar surface area (TPSA) is 27.7 Å². The predicted molar refractivity (Wildman–Crippen MR) is 88.8 cm³/mol. The van der Waals surface area contributed by atoms with E-state index in [0.717, 1.165) is 35.9 Å². The first-order chi connectivity index (χ1) is 10.3. The average Bonchev–Trinajstić information content (AvgIpc) is 2.98. The number of halogens is 1. The molecule has 0 radical (unpaired) electrons. The molecule has 2 aliphatic heterocycles. The predicted octanol–water partition coefficient (Wildman–Crippen LogP) is 1.94. The smallest absolute Gasteiger partial charge is 0.124 e. The van der Waals surface area contributed by atoms with Crippen LogP contribution < -0.4 is 10.1 Å². The summed E-state index contributed by atoms with van der Waals surface area (Å²) in [7, 11) is 1.75. The Labute approximate surface area is 135 Å². The molecule has 1 aromatic rings. The normalized spacial score (nSPS) is 24.4. The fourth-order valence-electron chi connectivity index (χ4n) is 3.39. The summed E-state index contributed by atoms with van der Waals surface area (Å²) in [6.45, 7) is 8.01. The van der Waals surface area contributed by atoms with Crippen LogP contribution in [-0.4, -0.2) is 62.2 Å². The quantitative estimate of drug-likeness (QED) is 0.895. The van der Waals surface area contributed by atoms with Crippen molar-refractivity contribution in [1.82, 2.24) is 15.1 Å². The Morgan fingerprint density at radius 1 is 1.29 bits per heavy atom. The minimum atomic E-state index is 0.730. The van der Waals surface area contributed by atoms with Crippen molar-refractivity contribution < 1.29 is 4.74 Å². The van der Waals surface area contributed by atoms with Crippen molar-refractivity contribution in [2.75, 3.05) is 46.4 Å². The molecule has 1 atom stereocenters. The summed E-state index contributed by atoms with van der Waals surface area (Å²) >= 11 is 3.51. The van der Waals surface area contributed by atoms with Crippen LogP contribution in [0.5, 0.6) is 5.75 Å². The molecule has 116 valence electrons.